The number of ether oxygens (including phenoxy) is 2. The quantitative estimate of drug-likeness (QED) is 0.835. The standard InChI is InChI=1S/C18H28N2O2/c1-21-17-8-7-15(18(13-17)22-2)14-19-9-11-20(12-10-19)16-5-3-4-6-16/h7-8,13,16H,3-6,9-12,14H2,1-2H3. The van der Waals surface area contributed by atoms with Crippen molar-refractivity contribution in [3.05, 3.63) is 23.8 Å². The Bertz CT molecular complexity index is 478. The zero-order chi connectivity index (χ0) is 15.4. The number of nitrogens with zero attached hydrogens (tertiary/aromatic N) is 2. The summed E-state index contributed by atoms with van der Waals surface area (Å²) in [5.41, 5.74) is 1.25. The van der Waals surface area contributed by atoms with Gasteiger partial charge in [-0.3, -0.25) is 9.80 Å². The van der Waals surface area contributed by atoms with E-state index in [1.807, 2.05) is 12.1 Å². The molecule has 0 bridgehead atoms. The minimum atomic E-state index is 0.853. The van der Waals surface area contributed by atoms with E-state index in [0.29, 0.717) is 0 Å². The molecule has 122 valence electrons. The first-order valence-electron chi connectivity index (χ1n) is 8.47. The van der Waals surface area contributed by atoms with Crippen molar-refractivity contribution >= 4 is 0 Å². The van der Waals surface area contributed by atoms with Crippen LogP contribution in [0.1, 0.15) is 31.2 Å². The number of methoxy groups -OCH3 is 2. The molecule has 0 aromatic heterocycles. The highest BCUT2D eigenvalue weighted by Crippen LogP contribution is 2.27. The van der Waals surface area contributed by atoms with Crippen LogP contribution in [0.3, 0.4) is 0 Å². The van der Waals surface area contributed by atoms with Crippen LogP contribution in [0.25, 0.3) is 0 Å². The van der Waals surface area contributed by atoms with Crippen LogP contribution in [0.2, 0.25) is 0 Å². The minimum absolute atomic E-state index is 0.853. The Morgan fingerprint density at radius 2 is 1.73 bits per heavy atom. The van der Waals surface area contributed by atoms with E-state index >= 15 is 0 Å². The van der Waals surface area contributed by atoms with Gasteiger partial charge in [-0.25, -0.2) is 0 Å². The van der Waals surface area contributed by atoms with Crippen molar-refractivity contribution in [1.29, 1.82) is 0 Å². The van der Waals surface area contributed by atoms with Crippen LogP contribution in [-0.4, -0.2) is 56.2 Å². The second-order valence-corrected chi connectivity index (χ2v) is 6.43. The molecule has 2 aliphatic rings. The molecule has 1 heterocycles. The fourth-order valence-electron chi connectivity index (χ4n) is 3.78. The summed E-state index contributed by atoms with van der Waals surface area (Å²) in [4.78, 5) is 5.24. The lowest BCUT2D eigenvalue weighted by molar-refractivity contribution is 0.0932. The first kappa shape index (κ1) is 15.6. The van der Waals surface area contributed by atoms with Crippen molar-refractivity contribution in [2.75, 3.05) is 40.4 Å². The summed E-state index contributed by atoms with van der Waals surface area (Å²) in [6.45, 7) is 5.70. The Kier molecular flexibility index (Phi) is 5.21. The van der Waals surface area contributed by atoms with Gasteiger partial charge in [-0.2, -0.15) is 0 Å². The van der Waals surface area contributed by atoms with Crippen molar-refractivity contribution in [2.24, 2.45) is 0 Å². The normalized spacial score (nSPS) is 21.2. The van der Waals surface area contributed by atoms with Gasteiger partial charge in [-0.15, -0.1) is 0 Å². The number of piperazine rings is 1. The monoisotopic (exact) mass is 304 g/mol. The predicted octanol–water partition coefficient (Wildman–Crippen LogP) is 2.76. The molecule has 0 spiro atoms. The maximum atomic E-state index is 5.51. The highest BCUT2D eigenvalue weighted by Gasteiger charge is 2.26. The Balaban J connectivity index is 1.56. The second-order valence-electron chi connectivity index (χ2n) is 6.43. The molecule has 1 aromatic carbocycles. The number of hydrogen-bond acceptors (Lipinski definition) is 4. The summed E-state index contributed by atoms with van der Waals surface area (Å²) in [5, 5.41) is 0. The third-order valence-electron chi connectivity index (χ3n) is 5.14. The number of benzene rings is 1. The van der Waals surface area contributed by atoms with Gasteiger partial charge in [0.05, 0.1) is 14.2 Å². The summed E-state index contributed by atoms with van der Waals surface area (Å²) < 4.78 is 10.8. The molecule has 4 heteroatoms. The molecule has 1 saturated carbocycles. The van der Waals surface area contributed by atoms with Crippen LogP contribution in [0.5, 0.6) is 11.5 Å². The third kappa shape index (κ3) is 3.55. The van der Waals surface area contributed by atoms with Crippen LogP contribution in [0.15, 0.2) is 18.2 Å². The summed E-state index contributed by atoms with van der Waals surface area (Å²) in [7, 11) is 3.42. The van der Waals surface area contributed by atoms with Crippen LogP contribution >= 0.6 is 0 Å². The second kappa shape index (κ2) is 7.34. The fourth-order valence-corrected chi connectivity index (χ4v) is 3.78. The van der Waals surface area contributed by atoms with Crippen LogP contribution in [-0.2, 0) is 6.54 Å². The average molecular weight is 304 g/mol. The molecule has 1 saturated heterocycles. The molecule has 2 fully saturated rings. The average Bonchev–Trinajstić information content (AvgIpc) is 3.10. The maximum Gasteiger partial charge on any atom is 0.127 e. The summed E-state index contributed by atoms with van der Waals surface area (Å²) in [6.07, 6.45) is 5.67. The molecule has 0 N–H and O–H groups in total. The lowest BCUT2D eigenvalue weighted by atomic mass is 10.1. The van der Waals surface area contributed by atoms with Crippen LogP contribution in [0.4, 0.5) is 0 Å². The van der Waals surface area contributed by atoms with Gasteiger partial charge in [-0.1, -0.05) is 18.9 Å². The first-order valence-corrected chi connectivity index (χ1v) is 8.47. The molecular weight excluding hydrogens is 276 g/mol. The van der Waals surface area contributed by atoms with Gasteiger partial charge in [0.1, 0.15) is 11.5 Å². The topological polar surface area (TPSA) is 24.9 Å². The van der Waals surface area contributed by atoms with E-state index in [1.165, 1.54) is 44.3 Å². The molecule has 22 heavy (non-hydrogen) atoms. The molecule has 3 rings (SSSR count). The van der Waals surface area contributed by atoms with Gasteiger partial charge in [0.2, 0.25) is 0 Å². The van der Waals surface area contributed by atoms with E-state index in [1.54, 1.807) is 14.2 Å². The number of hydrogen-bond donors (Lipinski definition) is 0. The Morgan fingerprint density at radius 1 is 1.00 bits per heavy atom. The molecule has 4 nitrogen and oxygen atoms in total. The minimum Gasteiger partial charge on any atom is -0.497 e. The van der Waals surface area contributed by atoms with Gasteiger partial charge in [0, 0.05) is 50.4 Å². The molecule has 1 aliphatic carbocycles. The molecule has 0 radical (unpaired) electrons. The van der Waals surface area contributed by atoms with Gasteiger partial charge in [-0.05, 0) is 18.9 Å². The van der Waals surface area contributed by atoms with Gasteiger partial charge >= 0.3 is 0 Å². The van der Waals surface area contributed by atoms with E-state index in [0.717, 1.165) is 37.2 Å². The highest BCUT2D eigenvalue weighted by molar-refractivity contribution is 5.40. The van der Waals surface area contributed by atoms with Gasteiger partial charge in [0.15, 0.2) is 0 Å². The van der Waals surface area contributed by atoms with Gasteiger partial charge in [0.25, 0.3) is 0 Å². The van der Waals surface area contributed by atoms with Crippen molar-refractivity contribution in [3.63, 3.8) is 0 Å². The molecule has 0 amide bonds. The number of rotatable bonds is 5. The maximum absolute atomic E-state index is 5.51. The van der Waals surface area contributed by atoms with E-state index in [2.05, 4.69) is 15.9 Å². The van der Waals surface area contributed by atoms with Crippen LogP contribution in [0, 0.1) is 0 Å². The SMILES string of the molecule is COc1ccc(CN2CCN(C3CCCC3)CC2)c(OC)c1. The largest absolute Gasteiger partial charge is 0.497 e. The van der Waals surface area contributed by atoms with Crippen LogP contribution < -0.4 is 9.47 Å². The zero-order valence-corrected chi connectivity index (χ0v) is 13.9. The Hall–Kier alpha value is -1.26. The summed E-state index contributed by atoms with van der Waals surface area (Å²) in [6, 6.07) is 6.98. The third-order valence-corrected chi connectivity index (χ3v) is 5.14. The van der Waals surface area contributed by atoms with E-state index in [9.17, 15) is 0 Å². The molecule has 0 unspecified atom stereocenters. The Morgan fingerprint density at radius 3 is 2.36 bits per heavy atom. The zero-order valence-electron chi connectivity index (χ0n) is 13.9. The summed E-state index contributed by atoms with van der Waals surface area (Å²) in [5.74, 6) is 1.78. The molecule has 1 aliphatic heterocycles. The van der Waals surface area contributed by atoms with E-state index < -0.39 is 0 Å². The van der Waals surface area contributed by atoms with Crippen molar-refractivity contribution < 1.29 is 9.47 Å². The fraction of sp³-hybridized carbons (Fsp3) is 0.667. The van der Waals surface area contributed by atoms with Crippen molar-refractivity contribution in [2.45, 2.75) is 38.3 Å². The Labute approximate surface area is 134 Å². The molecular formula is C18H28N2O2. The first-order chi connectivity index (χ1) is 10.8. The van der Waals surface area contributed by atoms with Crippen molar-refractivity contribution in [1.82, 2.24) is 9.80 Å². The van der Waals surface area contributed by atoms with E-state index in [-0.39, 0.29) is 0 Å². The molecule has 0 atom stereocenters. The lowest BCUT2D eigenvalue weighted by Crippen LogP contribution is -2.49. The lowest BCUT2D eigenvalue weighted by Gasteiger charge is -2.38. The van der Waals surface area contributed by atoms with Gasteiger partial charge < -0.3 is 9.47 Å². The smallest absolute Gasteiger partial charge is 0.127 e. The highest BCUT2D eigenvalue weighted by atomic mass is 16.5. The summed E-state index contributed by atoms with van der Waals surface area (Å²) >= 11 is 0. The molecule has 1 aromatic rings. The van der Waals surface area contributed by atoms with E-state index in [4.69, 9.17) is 9.47 Å². The predicted molar refractivity (Wildman–Crippen MR) is 88.7 cm³/mol. The van der Waals surface area contributed by atoms with Crippen molar-refractivity contribution in [3.8, 4) is 11.5 Å².